The van der Waals surface area contributed by atoms with Gasteiger partial charge in [-0.3, -0.25) is 0 Å². The highest BCUT2D eigenvalue weighted by Gasteiger charge is 2.08. The van der Waals surface area contributed by atoms with E-state index < -0.39 is 0 Å². The summed E-state index contributed by atoms with van der Waals surface area (Å²) in [5.74, 6) is 1.75. The summed E-state index contributed by atoms with van der Waals surface area (Å²) in [6.45, 7) is 0. The second kappa shape index (κ2) is 5.65. The molecule has 23 heavy (non-hydrogen) atoms. The monoisotopic (exact) mass is 300 g/mol. The third-order valence-electron chi connectivity index (χ3n) is 3.98. The third kappa shape index (κ3) is 2.59. The number of benzene rings is 3. The average molecular weight is 300 g/mol. The molecule has 0 saturated heterocycles. The molecule has 0 fully saturated rings. The van der Waals surface area contributed by atoms with Crippen LogP contribution in [-0.4, -0.2) is 7.11 Å². The smallest absolute Gasteiger partial charge is 0.135 e. The molecule has 4 rings (SSSR count). The fourth-order valence-corrected chi connectivity index (χ4v) is 2.77. The Morgan fingerprint density at radius 3 is 2.30 bits per heavy atom. The van der Waals surface area contributed by atoms with Crippen molar-refractivity contribution in [1.82, 2.24) is 0 Å². The molecule has 0 radical (unpaired) electrons. The van der Waals surface area contributed by atoms with Gasteiger partial charge in [0.05, 0.1) is 7.11 Å². The van der Waals surface area contributed by atoms with Gasteiger partial charge in [-0.1, -0.05) is 48.5 Å². The molecule has 0 amide bonds. The van der Waals surface area contributed by atoms with E-state index in [1.54, 1.807) is 7.11 Å². The maximum Gasteiger partial charge on any atom is 0.135 e. The van der Waals surface area contributed by atoms with Crippen molar-refractivity contribution in [2.75, 3.05) is 7.11 Å². The van der Waals surface area contributed by atoms with Crippen molar-refractivity contribution in [2.45, 2.75) is 0 Å². The summed E-state index contributed by atoms with van der Waals surface area (Å²) in [6, 6.07) is 26.6. The number of methoxy groups -OCH3 is 1. The van der Waals surface area contributed by atoms with Crippen LogP contribution in [0.15, 0.2) is 83.3 Å². The molecule has 0 bridgehead atoms. The van der Waals surface area contributed by atoms with E-state index in [0.717, 1.165) is 39.2 Å². The molecule has 1 aromatic heterocycles. The summed E-state index contributed by atoms with van der Waals surface area (Å²) < 4.78 is 11.3. The SMILES string of the molecule is COc1cccc(-c2ccc3oc(-c4ccccc4)cc3c2)c1. The lowest BCUT2D eigenvalue weighted by atomic mass is 10.0. The van der Waals surface area contributed by atoms with E-state index in [9.17, 15) is 0 Å². The van der Waals surface area contributed by atoms with Crippen molar-refractivity contribution in [2.24, 2.45) is 0 Å². The van der Waals surface area contributed by atoms with Crippen LogP contribution in [0.1, 0.15) is 0 Å². The molecule has 112 valence electrons. The summed E-state index contributed by atoms with van der Waals surface area (Å²) in [5, 5.41) is 1.10. The maximum atomic E-state index is 5.97. The molecular formula is C21H16O2. The lowest BCUT2D eigenvalue weighted by Gasteiger charge is -2.04. The third-order valence-corrected chi connectivity index (χ3v) is 3.98. The zero-order valence-corrected chi connectivity index (χ0v) is 12.8. The van der Waals surface area contributed by atoms with Gasteiger partial charge in [0.15, 0.2) is 0 Å². The second-order valence-corrected chi connectivity index (χ2v) is 5.46. The number of hydrogen-bond donors (Lipinski definition) is 0. The Bertz CT molecular complexity index is 952. The Labute approximate surface area is 135 Å². The van der Waals surface area contributed by atoms with Crippen LogP contribution in [-0.2, 0) is 0 Å². The Hall–Kier alpha value is -3.00. The summed E-state index contributed by atoms with van der Waals surface area (Å²) >= 11 is 0. The standard InChI is InChI=1S/C21H16O2/c1-22-19-9-5-8-16(13-19)17-10-11-20-18(12-17)14-21(23-20)15-6-3-2-4-7-15/h2-14H,1H3. The second-order valence-electron chi connectivity index (χ2n) is 5.46. The molecule has 0 N–H and O–H groups in total. The Balaban J connectivity index is 1.79. The van der Waals surface area contributed by atoms with Crippen molar-refractivity contribution >= 4 is 11.0 Å². The summed E-state index contributed by atoms with van der Waals surface area (Å²) in [4.78, 5) is 0. The first-order chi connectivity index (χ1) is 11.3. The predicted molar refractivity (Wildman–Crippen MR) is 93.6 cm³/mol. The van der Waals surface area contributed by atoms with Crippen LogP contribution < -0.4 is 4.74 Å². The normalized spacial score (nSPS) is 10.8. The Morgan fingerprint density at radius 1 is 0.696 bits per heavy atom. The van der Waals surface area contributed by atoms with E-state index in [1.165, 1.54) is 0 Å². The number of rotatable bonds is 3. The van der Waals surface area contributed by atoms with Gasteiger partial charge in [-0.05, 0) is 41.5 Å². The van der Waals surface area contributed by atoms with E-state index in [-0.39, 0.29) is 0 Å². The molecule has 2 nitrogen and oxygen atoms in total. The highest BCUT2D eigenvalue weighted by molar-refractivity contribution is 5.87. The first-order valence-electron chi connectivity index (χ1n) is 7.57. The first-order valence-corrected chi connectivity index (χ1v) is 7.57. The van der Waals surface area contributed by atoms with Crippen molar-refractivity contribution < 1.29 is 9.15 Å². The molecule has 0 aliphatic rings. The largest absolute Gasteiger partial charge is 0.497 e. The minimum Gasteiger partial charge on any atom is -0.497 e. The quantitative estimate of drug-likeness (QED) is 0.479. The van der Waals surface area contributed by atoms with E-state index in [2.05, 4.69) is 36.4 Å². The van der Waals surface area contributed by atoms with Gasteiger partial charge < -0.3 is 9.15 Å². The first kappa shape index (κ1) is 13.6. The summed E-state index contributed by atoms with van der Waals surface area (Å²) in [5.41, 5.74) is 4.27. The average Bonchev–Trinajstić information content (AvgIpc) is 3.06. The Kier molecular flexibility index (Phi) is 3.35. The molecule has 0 saturated carbocycles. The fraction of sp³-hybridized carbons (Fsp3) is 0.0476. The molecule has 3 aromatic carbocycles. The van der Waals surface area contributed by atoms with Gasteiger partial charge in [0, 0.05) is 10.9 Å². The molecular weight excluding hydrogens is 284 g/mol. The fourth-order valence-electron chi connectivity index (χ4n) is 2.77. The lowest BCUT2D eigenvalue weighted by molar-refractivity contribution is 0.415. The van der Waals surface area contributed by atoms with Gasteiger partial charge in [0.2, 0.25) is 0 Å². The van der Waals surface area contributed by atoms with E-state index >= 15 is 0 Å². The van der Waals surface area contributed by atoms with Gasteiger partial charge in [-0.15, -0.1) is 0 Å². The minimum atomic E-state index is 0.861. The Morgan fingerprint density at radius 2 is 1.48 bits per heavy atom. The lowest BCUT2D eigenvalue weighted by Crippen LogP contribution is -1.83. The highest BCUT2D eigenvalue weighted by atomic mass is 16.5. The van der Waals surface area contributed by atoms with Crippen molar-refractivity contribution in [1.29, 1.82) is 0 Å². The van der Waals surface area contributed by atoms with E-state index in [1.807, 2.05) is 42.5 Å². The van der Waals surface area contributed by atoms with Crippen LogP contribution in [0.2, 0.25) is 0 Å². The van der Waals surface area contributed by atoms with Gasteiger partial charge in [-0.2, -0.15) is 0 Å². The zero-order valence-electron chi connectivity index (χ0n) is 12.8. The van der Waals surface area contributed by atoms with Gasteiger partial charge in [0.25, 0.3) is 0 Å². The van der Waals surface area contributed by atoms with Crippen LogP contribution in [0, 0.1) is 0 Å². The molecule has 0 atom stereocenters. The number of ether oxygens (including phenoxy) is 1. The van der Waals surface area contributed by atoms with Crippen LogP contribution >= 0.6 is 0 Å². The molecule has 0 aliphatic carbocycles. The molecule has 0 aliphatic heterocycles. The van der Waals surface area contributed by atoms with Crippen molar-refractivity contribution in [3.8, 4) is 28.2 Å². The van der Waals surface area contributed by atoms with E-state index in [0.29, 0.717) is 0 Å². The van der Waals surface area contributed by atoms with Gasteiger partial charge in [0.1, 0.15) is 17.1 Å². The van der Waals surface area contributed by atoms with Crippen LogP contribution in [0.4, 0.5) is 0 Å². The minimum absolute atomic E-state index is 0.861. The van der Waals surface area contributed by atoms with Crippen LogP contribution in [0.3, 0.4) is 0 Å². The zero-order chi connectivity index (χ0) is 15.6. The summed E-state index contributed by atoms with van der Waals surface area (Å²) in [7, 11) is 1.69. The van der Waals surface area contributed by atoms with Gasteiger partial charge in [-0.25, -0.2) is 0 Å². The molecule has 0 spiro atoms. The van der Waals surface area contributed by atoms with Gasteiger partial charge >= 0.3 is 0 Å². The molecule has 2 heteroatoms. The van der Waals surface area contributed by atoms with Crippen molar-refractivity contribution in [3.63, 3.8) is 0 Å². The molecule has 1 heterocycles. The summed E-state index contributed by atoms with van der Waals surface area (Å²) in [6.07, 6.45) is 0. The van der Waals surface area contributed by atoms with Crippen LogP contribution in [0.5, 0.6) is 5.75 Å². The molecule has 0 unspecified atom stereocenters. The van der Waals surface area contributed by atoms with Crippen LogP contribution in [0.25, 0.3) is 33.4 Å². The number of fused-ring (bicyclic) bond motifs is 1. The number of furan rings is 1. The predicted octanol–water partition coefficient (Wildman–Crippen LogP) is 5.78. The van der Waals surface area contributed by atoms with E-state index in [4.69, 9.17) is 9.15 Å². The molecule has 4 aromatic rings. The van der Waals surface area contributed by atoms with Crippen molar-refractivity contribution in [3.05, 3.63) is 78.9 Å². The number of hydrogen-bond acceptors (Lipinski definition) is 2. The highest BCUT2D eigenvalue weighted by Crippen LogP contribution is 2.32. The topological polar surface area (TPSA) is 22.4 Å². The maximum absolute atomic E-state index is 5.97.